The minimum atomic E-state index is -4.11. The summed E-state index contributed by atoms with van der Waals surface area (Å²) in [5, 5.41) is 2.71. The van der Waals surface area contributed by atoms with E-state index >= 15 is 0 Å². The van der Waals surface area contributed by atoms with Crippen molar-refractivity contribution in [3.8, 4) is 0 Å². The molecule has 0 saturated carbocycles. The van der Waals surface area contributed by atoms with Gasteiger partial charge in [-0.3, -0.25) is 9.35 Å². The van der Waals surface area contributed by atoms with Crippen LogP contribution in [-0.4, -0.2) is 30.2 Å². The Labute approximate surface area is 130 Å². The monoisotopic (exact) mass is 323 g/mol. The summed E-state index contributed by atoms with van der Waals surface area (Å²) >= 11 is 0. The molecule has 0 aliphatic carbocycles. The fourth-order valence-corrected chi connectivity index (χ4v) is 3.07. The van der Waals surface area contributed by atoms with Crippen molar-refractivity contribution in [3.63, 3.8) is 0 Å². The minimum Gasteiger partial charge on any atom is -0.350 e. The molecular formula is C15H33NO4S. The molecule has 5 nitrogen and oxygen atoms in total. The molecule has 0 heterocycles. The number of hydrogen-bond acceptors (Lipinski definition) is 3. The minimum absolute atomic E-state index is 0.0330. The predicted octanol–water partition coefficient (Wildman–Crippen LogP) is 3.26. The highest BCUT2D eigenvalue weighted by Crippen LogP contribution is 2.26. The topological polar surface area (TPSA) is 83.5 Å². The van der Waals surface area contributed by atoms with Crippen molar-refractivity contribution in [1.82, 2.24) is 5.32 Å². The molecule has 21 heavy (non-hydrogen) atoms. The zero-order valence-electron chi connectivity index (χ0n) is 14.8. The Bertz CT molecular complexity index is 408. The highest BCUT2D eigenvalue weighted by Gasteiger charge is 2.30. The van der Waals surface area contributed by atoms with Gasteiger partial charge in [0.05, 0.1) is 11.3 Å². The van der Waals surface area contributed by atoms with Crippen LogP contribution >= 0.6 is 0 Å². The summed E-state index contributed by atoms with van der Waals surface area (Å²) in [6.07, 6.45) is 1.43. The third kappa shape index (κ3) is 12.8. The SMILES string of the molecule is CC.CCC(CC(C)(C)C)C(=O)NC(C)(C)CS(=O)(=O)O. The fraction of sp³-hybridized carbons (Fsp3) is 0.933. The largest absolute Gasteiger partial charge is 0.350 e. The molecule has 0 fully saturated rings. The Balaban J connectivity index is 0. The molecule has 2 N–H and O–H groups in total. The molecule has 128 valence electrons. The van der Waals surface area contributed by atoms with Crippen LogP contribution in [0.15, 0.2) is 0 Å². The average Bonchev–Trinajstić information content (AvgIpc) is 2.23. The molecule has 6 heteroatoms. The molecule has 0 aliphatic heterocycles. The van der Waals surface area contributed by atoms with Crippen molar-refractivity contribution in [2.75, 3.05) is 5.75 Å². The lowest BCUT2D eigenvalue weighted by Crippen LogP contribution is -2.50. The highest BCUT2D eigenvalue weighted by atomic mass is 32.2. The summed E-state index contributed by atoms with van der Waals surface area (Å²) in [5.74, 6) is -0.802. The Hall–Kier alpha value is -0.620. The van der Waals surface area contributed by atoms with Crippen molar-refractivity contribution < 1.29 is 17.8 Å². The molecule has 1 unspecified atom stereocenters. The van der Waals surface area contributed by atoms with E-state index in [9.17, 15) is 13.2 Å². The van der Waals surface area contributed by atoms with Gasteiger partial charge in [0.2, 0.25) is 5.91 Å². The first kappa shape index (κ1) is 22.7. The lowest BCUT2D eigenvalue weighted by Gasteiger charge is -2.30. The Morgan fingerprint density at radius 1 is 1.14 bits per heavy atom. The van der Waals surface area contributed by atoms with Crippen LogP contribution in [0.1, 0.15) is 68.2 Å². The summed E-state index contributed by atoms with van der Waals surface area (Å²) in [7, 11) is -4.11. The van der Waals surface area contributed by atoms with E-state index in [4.69, 9.17) is 4.55 Å². The zero-order valence-corrected chi connectivity index (χ0v) is 15.6. The Kier molecular flexibility index (Phi) is 9.42. The van der Waals surface area contributed by atoms with E-state index < -0.39 is 21.4 Å². The van der Waals surface area contributed by atoms with Gasteiger partial charge in [-0.25, -0.2) is 0 Å². The van der Waals surface area contributed by atoms with Crippen molar-refractivity contribution in [2.24, 2.45) is 11.3 Å². The third-order valence-corrected chi connectivity index (χ3v) is 3.81. The number of rotatable bonds is 6. The molecule has 0 saturated heterocycles. The third-order valence-electron chi connectivity index (χ3n) is 2.73. The molecule has 0 rings (SSSR count). The number of nitrogens with one attached hydrogen (secondary N) is 1. The van der Waals surface area contributed by atoms with Crippen LogP contribution in [0.3, 0.4) is 0 Å². The number of hydrogen-bond donors (Lipinski definition) is 2. The molecule has 0 aromatic carbocycles. The van der Waals surface area contributed by atoms with Crippen LogP contribution in [0.5, 0.6) is 0 Å². The van der Waals surface area contributed by atoms with E-state index in [1.165, 1.54) is 0 Å². The summed E-state index contributed by atoms with van der Waals surface area (Å²) in [6.45, 7) is 15.3. The first-order valence-electron chi connectivity index (χ1n) is 7.53. The zero-order chi connectivity index (χ0) is 17.5. The summed E-state index contributed by atoms with van der Waals surface area (Å²) < 4.78 is 30.7. The van der Waals surface area contributed by atoms with Crippen molar-refractivity contribution in [1.29, 1.82) is 0 Å². The van der Waals surface area contributed by atoms with Gasteiger partial charge in [0.15, 0.2) is 0 Å². The van der Waals surface area contributed by atoms with Crippen LogP contribution in [0.25, 0.3) is 0 Å². The maximum absolute atomic E-state index is 12.2. The molecule has 0 radical (unpaired) electrons. The maximum atomic E-state index is 12.2. The molecule has 0 aromatic heterocycles. The van der Waals surface area contributed by atoms with E-state index in [-0.39, 0.29) is 17.2 Å². The standard InChI is InChI=1S/C13H27NO4S.C2H6/c1-7-10(8-12(2,3)4)11(15)14-13(5,6)9-19(16,17)18;1-2/h10H,7-9H2,1-6H3,(H,14,15)(H,16,17,18);1-2H3. The van der Waals surface area contributed by atoms with E-state index in [0.29, 0.717) is 6.42 Å². The van der Waals surface area contributed by atoms with E-state index in [1.54, 1.807) is 13.8 Å². The maximum Gasteiger partial charge on any atom is 0.267 e. The molecule has 0 aromatic rings. The van der Waals surface area contributed by atoms with Gasteiger partial charge < -0.3 is 5.32 Å². The normalized spacial score (nSPS) is 14.0. The number of amides is 1. The number of carbonyl (C=O) groups is 1. The lowest BCUT2D eigenvalue weighted by molar-refractivity contribution is -0.127. The van der Waals surface area contributed by atoms with Crippen LogP contribution in [0.4, 0.5) is 0 Å². The van der Waals surface area contributed by atoms with Crippen molar-refractivity contribution in [2.45, 2.75) is 73.8 Å². The Morgan fingerprint density at radius 2 is 1.57 bits per heavy atom. The van der Waals surface area contributed by atoms with Crippen LogP contribution in [0.2, 0.25) is 0 Å². The summed E-state index contributed by atoms with van der Waals surface area (Å²) in [6, 6.07) is 0. The van der Waals surface area contributed by atoms with E-state index in [2.05, 4.69) is 26.1 Å². The van der Waals surface area contributed by atoms with Crippen molar-refractivity contribution in [3.05, 3.63) is 0 Å². The molecule has 0 bridgehead atoms. The fourth-order valence-electron chi connectivity index (χ4n) is 2.09. The van der Waals surface area contributed by atoms with E-state index in [1.807, 2.05) is 20.8 Å². The first-order valence-corrected chi connectivity index (χ1v) is 9.14. The van der Waals surface area contributed by atoms with Gasteiger partial charge in [-0.05, 0) is 32.1 Å². The van der Waals surface area contributed by atoms with Gasteiger partial charge in [-0.15, -0.1) is 0 Å². The smallest absolute Gasteiger partial charge is 0.267 e. The number of carbonyl (C=O) groups excluding carboxylic acids is 1. The second-order valence-corrected chi connectivity index (χ2v) is 8.42. The lowest BCUT2D eigenvalue weighted by atomic mass is 9.83. The predicted molar refractivity (Wildman–Crippen MR) is 87.8 cm³/mol. The summed E-state index contributed by atoms with van der Waals surface area (Å²) in [5.41, 5.74) is -0.943. The molecular weight excluding hydrogens is 290 g/mol. The summed E-state index contributed by atoms with van der Waals surface area (Å²) in [4.78, 5) is 12.2. The second kappa shape index (κ2) is 8.73. The quantitative estimate of drug-likeness (QED) is 0.735. The molecule has 0 spiro atoms. The van der Waals surface area contributed by atoms with Crippen molar-refractivity contribution >= 4 is 16.0 Å². The van der Waals surface area contributed by atoms with Gasteiger partial charge in [-0.1, -0.05) is 41.5 Å². The molecule has 1 amide bonds. The van der Waals surface area contributed by atoms with Gasteiger partial charge in [-0.2, -0.15) is 8.42 Å². The van der Waals surface area contributed by atoms with E-state index in [0.717, 1.165) is 6.42 Å². The highest BCUT2D eigenvalue weighted by molar-refractivity contribution is 7.85. The van der Waals surface area contributed by atoms with Crippen LogP contribution in [0, 0.1) is 11.3 Å². The second-order valence-electron chi connectivity index (χ2n) is 6.97. The van der Waals surface area contributed by atoms with Gasteiger partial charge >= 0.3 is 0 Å². The average molecular weight is 323 g/mol. The van der Waals surface area contributed by atoms with Gasteiger partial charge in [0.25, 0.3) is 10.1 Å². The van der Waals surface area contributed by atoms with Gasteiger partial charge in [0.1, 0.15) is 0 Å². The molecule has 0 aliphatic rings. The Morgan fingerprint density at radius 3 is 1.86 bits per heavy atom. The van der Waals surface area contributed by atoms with Gasteiger partial charge in [0, 0.05) is 5.92 Å². The molecule has 1 atom stereocenters. The first-order chi connectivity index (χ1) is 9.26. The van der Waals surface area contributed by atoms with Crippen LogP contribution < -0.4 is 5.32 Å². The van der Waals surface area contributed by atoms with Crippen LogP contribution in [-0.2, 0) is 14.9 Å².